The van der Waals surface area contributed by atoms with Gasteiger partial charge in [0.25, 0.3) is 0 Å². The van der Waals surface area contributed by atoms with Gasteiger partial charge in [0.2, 0.25) is 5.91 Å². The zero-order valence-corrected chi connectivity index (χ0v) is 19.5. The number of carbonyl (C=O) groups is 2. The van der Waals surface area contributed by atoms with E-state index < -0.39 is 5.97 Å². The van der Waals surface area contributed by atoms with Crippen molar-refractivity contribution in [3.05, 3.63) is 12.2 Å². The topological polar surface area (TPSA) is 57.6 Å². The fraction of sp³-hybridized carbons (Fsp3) is 0.840. The largest absolute Gasteiger partial charge is 0.481 e. The Morgan fingerprint density at radius 2 is 1.24 bits per heavy atom. The Morgan fingerprint density at radius 1 is 0.759 bits per heavy atom. The Bertz CT molecular complexity index is 430. The van der Waals surface area contributed by atoms with Crippen molar-refractivity contribution >= 4 is 11.9 Å². The minimum Gasteiger partial charge on any atom is -0.481 e. The molecule has 0 fully saturated rings. The van der Waals surface area contributed by atoms with Gasteiger partial charge in [-0.3, -0.25) is 9.59 Å². The Labute approximate surface area is 180 Å². The summed E-state index contributed by atoms with van der Waals surface area (Å²) in [5.74, 6) is -1.23. The molecule has 0 spiro atoms. The lowest BCUT2D eigenvalue weighted by molar-refractivity contribution is -0.144. The number of rotatable bonds is 20. The van der Waals surface area contributed by atoms with Crippen molar-refractivity contribution < 1.29 is 14.7 Å². The van der Waals surface area contributed by atoms with Gasteiger partial charge in [0.05, 0.1) is 6.42 Å². The molecule has 29 heavy (non-hydrogen) atoms. The van der Waals surface area contributed by atoms with Gasteiger partial charge < -0.3 is 10.0 Å². The van der Waals surface area contributed by atoms with Crippen LogP contribution in [0.25, 0.3) is 0 Å². The van der Waals surface area contributed by atoms with E-state index in [4.69, 9.17) is 5.11 Å². The summed E-state index contributed by atoms with van der Waals surface area (Å²) in [6.07, 6.45) is 21.5. The first-order valence-corrected chi connectivity index (χ1v) is 12.2. The number of hydrogen-bond donors (Lipinski definition) is 1. The van der Waals surface area contributed by atoms with Gasteiger partial charge in [-0.1, -0.05) is 76.9 Å². The predicted octanol–water partition coefficient (Wildman–Crippen LogP) is 6.98. The van der Waals surface area contributed by atoms with Crippen LogP contribution in [0.3, 0.4) is 0 Å². The van der Waals surface area contributed by atoms with Crippen LogP contribution in [0.4, 0.5) is 0 Å². The van der Waals surface area contributed by atoms with Crippen LogP contribution in [0, 0.1) is 5.92 Å². The fourth-order valence-corrected chi connectivity index (χ4v) is 3.78. The molecule has 4 heteroatoms. The van der Waals surface area contributed by atoms with Gasteiger partial charge >= 0.3 is 5.97 Å². The Kier molecular flexibility index (Phi) is 19.1. The highest BCUT2D eigenvalue weighted by Crippen LogP contribution is 2.18. The summed E-state index contributed by atoms with van der Waals surface area (Å²) in [5.41, 5.74) is 0. The predicted molar refractivity (Wildman–Crippen MR) is 123 cm³/mol. The van der Waals surface area contributed by atoms with E-state index in [0.717, 1.165) is 25.7 Å². The minimum absolute atomic E-state index is 0.00527. The van der Waals surface area contributed by atoms with E-state index in [-0.39, 0.29) is 18.2 Å². The first-order chi connectivity index (χ1) is 14.1. The molecule has 0 aliphatic heterocycles. The van der Waals surface area contributed by atoms with Crippen LogP contribution in [0.5, 0.6) is 0 Å². The maximum atomic E-state index is 12.5. The molecule has 1 N–H and O–H groups in total. The maximum Gasteiger partial charge on any atom is 0.304 e. The number of nitrogens with zero attached hydrogens (tertiary/aromatic N) is 1. The average molecular weight is 410 g/mol. The molecule has 0 rings (SSSR count). The molecule has 0 aromatic heterocycles. The summed E-state index contributed by atoms with van der Waals surface area (Å²) < 4.78 is 0. The highest BCUT2D eigenvalue weighted by molar-refractivity contribution is 5.83. The minimum atomic E-state index is -0.874. The van der Waals surface area contributed by atoms with E-state index in [9.17, 15) is 9.59 Å². The zero-order valence-electron chi connectivity index (χ0n) is 19.5. The van der Waals surface area contributed by atoms with Crippen LogP contribution in [-0.4, -0.2) is 35.0 Å². The molecule has 0 aliphatic carbocycles. The van der Waals surface area contributed by atoms with E-state index in [2.05, 4.69) is 19.1 Å². The van der Waals surface area contributed by atoms with Gasteiger partial charge in [0.15, 0.2) is 0 Å². The van der Waals surface area contributed by atoms with Crippen LogP contribution in [0.1, 0.15) is 117 Å². The van der Waals surface area contributed by atoms with Crippen molar-refractivity contribution in [2.75, 3.05) is 13.1 Å². The van der Waals surface area contributed by atoms with Crippen molar-refractivity contribution in [3.8, 4) is 0 Å². The van der Waals surface area contributed by atoms with E-state index in [1.165, 1.54) is 57.8 Å². The van der Waals surface area contributed by atoms with E-state index in [0.29, 0.717) is 19.5 Å². The second-order valence-electron chi connectivity index (χ2n) is 8.18. The molecule has 0 bridgehead atoms. The number of carboxylic acids is 1. The van der Waals surface area contributed by atoms with Crippen LogP contribution in [0.15, 0.2) is 12.2 Å². The summed E-state index contributed by atoms with van der Waals surface area (Å²) in [6, 6.07) is 0. The number of hydrogen-bond acceptors (Lipinski definition) is 2. The van der Waals surface area contributed by atoms with Crippen LogP contribution in [-0.2, 0) is 9.59 Å². The van der Waals surface area contributed by atoms with Crippen LogP contribution < -0.4 is 0 Å². The van der Waals surface area contributed by atoms with E-state index in [1.54, 1.807) is 4.90 Å². The van der Waals surface area contributed by atoms with Gasteiger partial charge in [0.1, 0.15) is 0 Å². The second kappa shape index (κ2) is 20.0. The zero-order chi connectivity index (χ0) is 21.7. The molecule has 0 aromatic rings. The van der Waals surface area contributed by atoms with Gasteiger partial charge in [-0.15, -0.1) is 0 Å². The molecule has 0 saturated carbocycles. The standard InChI is InChI=1S/C25H47NO3/c1-4-7-8-9-10-11-12-13-14-15-16-17-18-19-20-21-23(22-24(27)28)25(29)26(5-2)6-3/h14-15,23H,4-13,16-22H2,1-3H3,(H,27,28)/b15-14+. The lowest BCUT2D eigenvalue weighted by Crippen LogP contribution is -2.36. The fourth-order valence-electron chi connectivity index (χ4n) is 3.78. The second-order valence-corrected chi connectivity index (χ2v) is 8.18. The van der Waals surface area contributed by atoms with Crippen molar-refractivity contribution in [1.29, 1.82) is 0 Å². The average Bonchev–Trinajstić information content (AvgIpc) is 2.70. The maximum absolute atomic E-state index is 12.5. The van der Waals surface area contributed by atoms with Gasteiger partial charge in [-0.2, -0.15) is 0 Å². The summed E-state index contributed by atoms with van der Waals surface area (Å²) in [6.45, 7) is 7.45. The van der Waals surface area contributed by atoms with Crippen molar-refractivity contribution in [3.63, 3.8) is 0 Å². The first-order valence-electron chi connectivity index (χ1n) is 12.2. The molecule has 0 aromatic carbocycles. The molecular weight excluding hydrogens is 362 g/mol. The number of aliphatic carboxylic acids is 1. The third kappa shape index (κ3) is 16.2. The lowest BCUT2D eigenvalue weighted by Gasteiger charge is -2.24. The van der Waals surface area contributed by atoms with Crippen LogP contribution >= 0.6 is 0 Å². The molecule has 170 valence electrons. The third-order valence-corrected chi connectivity index (χ3v) is 5.66. The summed E-state index contributed by atoms with van der Waals surface area (Å²) in [7, 11) is 0. The molecule has 4 nitrogen and oxygen atoms in total. The lowest BCUT2D eigenvalue weighted by atomic mass is 9.95. The van der Waals surface area contributed by atoms with Gasteiger partial charge in [-0.25, -0.2) is 0 Å². The molecule has 1 amide bonds. The normalized spacial score (nSPS) is 12.4. The van der Waals surface area contributed by atoms with Crippen molar-refractivity contribution in [2.45, 2.75) is 117 Å². The number of carboxylic acid groups (broad SMARTS) is 1. The van der Waals surface area contributed by atoms with Crippen molar-refractivity contribution in [2.24, 2.45) is 5.92 Å². The number of amides is 1. The SMILES string of the molecule is CCCCCCCCC/C=C/CCCCCCC(CC(=O)O)C(=O)N(CC)CC. The van der Waals surface area contributed by atoms with Gasteiger partial charge in [0, 0.05) is 19.0 Å². The third-order valence-electron chi connectivity index (χ3n) is 5.66. The Balaban J connectivity index is 3.76. The van der Waals surface area contributed by atoms with Crippen LogP contribution in [0.2, 0.25) is 0 Å². The number of carbonyl (C=O) groups excluding carboxylic acids is 1. The Morgan fingerprint density at radius 3 is 1.72 bits per heavy atom. The van der Waals surface area contributed by atoms with E-state index in [1.807, 2.05) is 13.8 Å². The summed E-state index contributed by atoms with van der Waals surface area (Å²) >= 11 is 0. The monoisotopic (exact) mass is 409 g/mol. The molecular formula is C25H47NO3. The number of allylic oxidation sites excluding steroid dienone is 2. The number of unbranched alkanes of at least 4 members (excludes halogenated alkanes) is 11. The molecule has 0 aliphatic rings. The quantitative estimate of drug-likeness (QED) is 0.174. The summed E-state index contributed by atoms with van der Waals surface area (Å²) in [4.78, 5) is 25.3. The smallest absolute Gasteiger partial charge is 0.304 e. The molecule has 1 atom stereocenters. The highest BCUT2D eigenvalue weighted by Gasteiger charge is 2.24. The van der Waals surface area contributed by atoms with Gasteiger partial charge in [-0.05, 0) is 46.0 Å². The molecule has 0 radical (unpaired) electrons. The highest BCUT2D eigenvalue weighted by atomic mass is 16.4. The first kappa shape index (κ1) is 27.7. The summed E-state index contributed by atoms with van der Waals surface area (Å²) in [5, 5.41) is 9.11. The molecule has 0 heterocycles. The van der Waals surface area contributed by atoms with E-state index >= 15 is 0 Å². The van der Waals surface area contributed by atoms with Crippen molar-refractivity contribution in [1.82, 2.24) is 4.90 Å². The Hall–Kier alpha value is -1.32. The molecule has 0 saturated heterocycles. The molecule has 1 unspecified atom stereocenters.